The minimum absolute atomic E-state index is 0.0274. The highest BCUT2D eigenvalue weighted by molar-refractivity contribution is 5.94. The van der Waals surface area contributed by atoms with E-state index in [1.807, 2.05) is 39.0 Å². The molecular formula is C16H24N2O3. The van der Waals surface area contributed by atoms with Gasteiger partial charge in [0.25, 0.3) is 0 Å². The van der Waals surface area contributed by atoms with Crippen LogP contribution in [0.2, 0.25) is 0 Å². The van der Waals surface area contributed by atoms with Crippen molar-refractivity contribution in [3.63, 3.8) is 0 Å². The molecular weight excluding hydrogens is 268 g/mol. The number of rotatable bonds is 4. The number of aliphatic hydroxyl groups is 1. The van der Waals surface area contributed by atoms with Crippen molar-refractivity contribution < 1.29 is 14.6 Å². The molecule has 5 heteroatoms. The maximum Gasteiger partial charge on any atom is 0.224 e. The van der Waals surface area contributed by atoms with Gasteiger partial charge in [-0.1, -0.05) is 6.07 Å². The number of hydrogen-bond acceptors (Lipinski definition) is 4. The fourth-order valence-electron chi connectivity index (χ4n) is 2.31. The Bertz CT molecular complexity index is 521. The summed E-state index contributed by atoms with van der Waals surface area (Å²) in [5.74, 6) is 0.731. The smallest absolute Gasteiger partial charge is 0.224 e. The van der Waals surface area contributed by atoms with Gasteiger partial charge in [0, 0.05) is 23.2 Å². The molecule has 1 aromatic carbocycles. The van der Waals surface area contributed by atoms with E-state index in [-0.39, 0.29) is 11.4 Å². The van der Waals surface area contributed by atoms with Gasteiger partial charge in [-0.25, -0.2) is 0 Å². The Hall–Kier alpha value is -1.59. The standard InChI is InChI=1S/C16H24N2O3/c1-10(19)15(18-16(2,3)4)21-13-7-5-6-12-11(13)8-9-14(20)17-12/h5-7,10,15,18-19H,8-9H2,1-4H3,(H,17,20). The molecule has 1 heterocycles. The van der Waals surface area contributed by atoms with Gasteiger partial charge in [0.2, 0.25) is 5.91 Å². The highest BCUT2D eigenvalue weighted by Gasteiger charge is 2.25. The normalized spacial score (nSPS) is 17.7. The third-order valence-electron chi connectivity index (χ3n) is 3.28. The van der Waals surface area contributed by atoms with Gasteiger partial charge in [-0.3, -0.25) is 10.1 Å². The number of fused-ring (bicyclic) bond motifs is 1. The molecule has 0 radical (unpaired) electrons. The van der Waals surface area contributed by atoms with E-state index in [4.69, 9.17) is 4.74 Å². The predicted molar refractivity (Wildman–Crippen MR) is 82.4 cm³/mol. The molecule has 0 aliphatic carbocycles. The zero-order valence-electron chi connectivity index (χ0n) is 13.1. The number of nitrogens with one attached hydrogen (secondary N) is 2. The highest BCUT2D eigenvalue weighted by Crippen LogP contribution is 2.31. The molecule has 0 saturated carbocycles. The molecule has 1 amide bonds. The number of carbonyl (C=O) groups excluding carboxylic acids is 1. The van der Waals surface area contributed by atoms with E-state index in [1.165, 1.54) is 0 Å². The Morgan fingerprint density at radius 2 is 2.05 bits per heavy atom. The van der Waals surface area contributed by atoms with Crippen LogP contribution >= 0.6 is 0 Å². The lowest BCUT2D eigenvalue weighted by atomic mass is 10.0. The number of anilines is 1. The van der Waals surface area contributed by atoms with E-state index in [0.717, 1.165) is 11.3 Å². The van der Waals surface area contributed by atoms with Crippen molar-refractivity contribution in [2.75, 3.05) is 5.32 Å². The summed E-state index contributed by atoms with van der Waals surface area (Å²) in [4.78, 5) is 11.5. The van der Waals surface area contributed by atoms with Gasteiger partial charge >= 0.3 is 0 Å². The maximum absolute atomic E-state index is 11.5. The predicted octanol–water partition coefficient (Wildman–Crippen LogP) is 2.05. The summed E-state index contributed by atoms with van der Waals surface area (Å²) < 4.78 is 5.97. The second kappa shape index (κ2) is 6.03. The quantitative estimate of drug-likeness (QED) is 0.743. The van der Waals surface area contributed by atoms with Crippen molar-refractivity contribution in [1.29, 1.82) is 0 Å². The molecule has 0 aromatic heterocycles. The average molecular weight is 292 g/mol. The maximum atomic E-state index is 11.5. The van der Waals surface area contributed by atoms with Gasteiger partial charge in [-0.2, -0.15) is 0 Å². The van der Waals surface area contributed by atoms with E-state index in [9.17, 15) is 9.90 Å². The summed E-state index contributed by atoms with van der Waals surface area (Å²) in [5.41, 5.74) is 1.60. The highest BCUT2D eigenvalue weighted by atomic mass is 16.5. The Labute approximate surface area is 125 Å². The lowest BCUT2D eigenvalue weighted by Gasteiger charge is -2.32. The van der Waals surface area contributed by atoms with Crippen LogP contribution in [0.5, 0.6) is 5.75 Å². The summed E-state index contributed by atoms with van der Waals surface area (Å²) in [5, 5.41) is 16.0. The van der Waals surface area contributed by atoms with E-state index in [0.29, 0.717) is 18.6 Å². The van der Waals surface area contributed by atoms with Crippen molar-refractivity contribution in [1.82, 2.24) is 5.32 Å². The third-order valence-corrected chi connectivity index (χ3v) is 3.28. The van der Waals surface area contributed by atoms with Crippen LogP contribution in [-0.2, 0) is 11.2 Å². The van der Waals surface area contributed by atoms with Crippen LogP contribution in [0, 0.1) is 0 Å². The monoisotopic (exact) mass is 292 g/mol. The van der Waals surface area contributed by atoms with Crippen LogP contribution in [0.1, 0.15) is 39.7 Å². The number of ether oxygens (including phenoxy) is 1. The summed E-state index contributed by atoms with van der Waals surface area (Å²) in [6, 6.07) is 5.58. The van der Waals surface area contributed by atoms with Gasteiger partial charge in [0.05, 0.1) is 0 Å². The zero-order valence-corrected chi connectivity index (χ0v) is 13.1. The first-order chi connectivity index (χ1) is 9.76. The van der Waals surface area contributed by atoms with Gasteiger partial charge in [-0.15, -0.1) is 0 Å². The molecule has 1 aromatic rings. The van der Waals surface area contributed by atoms with E-state index >= 15 is 0 Å². The van der Waals surface area contributed by atoms with E-state index in [2.05, 4.69) is 10.6 Å². The molecule has 3 N–H and O–H groups in total. The molecule has 21 heavy (non-hydrogen) atoms. The van der Waals surface area contributed by atoms with Crippen LogP contribution in [0.4, 0.5) is 5.69 Å². The second-order valence-corrected chi connectivity index (χ2v) is 6.50. The molecule has 2 atom stereocenters. The number of hydrogen-bond donors (Lipinski definition) is 3. The second-order valence-electron chi connectivity index (χ2n) is 6.50. The first kappa shape index (κ1) is 15.8. The van der Waals surface area contributed by atoms with Crippen LogP contribution in [0.25, 0.3) is 0 Å². The number of aliphatic hydroxyl groups excluding tert-OH is 1. The zero-order chi connectivity index (χ0) is 15.6. The van der Waals surface area contributed by atoms with Crippen LogP contribution in [0.15, 0.2) is 18.2 Å². The first-order valence-electron chi connectivity index (χ1n) is 7.30. The molecule has 1 aliphatic rings. The van der Waals surface area contributed by atoms with Gasteiger partial charge in [0.1, 0.15) is 11.9 Å². The third kappa shape index (κ3) is 4.19. The minimum atomic E-state index is -0.654. The molecule has 0 bridgehead atoms. The van der Waals surface area contributed by atoms with Crippen LogP contribution < -0.4 is 15.4 Å². The summed E-state index contributed by atoms with van der Waals surface area (Å²) in [6.07, 6.45) is -0.0499. The number of amides is 1. The molecule has 2 rings (SSSR count). The van der Waals surface area contributed by atoms with Crippen molar-refractivity contribution in [3.8, 4) is 5.75 Å². The summed E-state index contributed by atoms with van der Waals surface area (Å²) in [6.45, 7) is 7.76. The molecule has 116 valence electrons. The lowest BCUT2D eigenvalue weighted by Crippen LogP contribution is -2.51. The molecule has 0 fully saturated rings. The largest absolute Gasteiger partial charge is 0.472 e. The van der Waals surface area contributed by atoms with Gasteiger partial charge < -0.3 is 15.2 Å². The van der Waals surface area contributed by atoms with Gasteiger partial charge in [-0.05, 0) is 46.2 Å². The van der Waals surface area contributed by atoms with Crippen molar-refractivity contribution in [2.24, 2.45) is 0 Å². The fraction of sp³-hybridized carbons (Fsp3) is 0.562. The molecule has 0 spiro atoms. The van der Waals surface area contributed by atoms with Gasteiger partial charge in [0.15, 0.2) is 6.23 Å². The topological polar surface area (TPSA) is 70.6 Å². The average Bonchev–Trinajstić information content (AvgIpc) is 2.36. The molecule has 5 nitrogen and oxygen atoms in total. The summed E-state index contributed by atoms with van der Waals surface area (Å²) in [7, 11) is 0. The van der Waals surface area contributed by atoms with E-state index < -0.39 is 12.3 Å². The SMILES string of the molecule is CC(O)C(NC(C)(C)C)Oc1cccc2c1CCC(=O)N2. The molecule has 1 aliphatic heterocycles. The van der Waals surface area contributed by atoms with E-state index in [1.54, 1.807) is 6.92 Å². The van der Waals surface area contributed by atoms with Crippen LogP contribution in [0.3, 0.4) is 0 Å². The number of carbonyl (C=O) groups is 1. The minimum Gasteiger partial charge on any atom is -0.472 e. The number of benzene rings is 1. The molecule has 0 saturated heterocycles. The lowest BCUT2D eigenvalue weighted by molar-refractivity contribution is -0.116. The van der Waals surface area contributed by atoms with Crippen molar-refractivity contribution in [3.05, 3.63) is 23.8 Å². The Kier molecular flexibility index (Phi) is 4.54. The first-order valence-corrected chi connectivity index (χ1v) is 7.30. The van der Waals surface area contributed by atoms with Crippen LogP contribution in [-0.4, -0.2) is 28.9 Å². The Balaban J connectivity index is 2.21. The Morgan fingerprint density at radius 3 is 2.67 bits per heavy atom. The summed E-state index contributed by atoms with van der Waals surface area (Å²) >= 11 is 0. The Morgan fingerprint density at radius 1 is 1.33 bits per heavy atom. The molecule has 2 unspecified atom stereocenters. The van der Waals surface area contributed by atoms with Crippen molar-refractivity contribution >= 4 is 11.6 Å². The fourth-order valence-corrected chi connectivity index (χ4v) is 2.31. The van der Waals surface area contributed by atoms with Crippen molar-refractivity contribution in [2.45, 2.75) is 58.4 Å².